The van der Waals surface area contributed by atoms with Crippen molar-refractivity contribution in [1.29, 1.82) is 0 Å². The van der Waals surface area contributed by atoms with Crippen LogP contribution in [0.4, 0.5) is 0 Å². The van der Waals surface area contributed by atoms with Gasteiger partial charge in [0.1, 0.15) is 0 Å². The van der Waals surface area contributed by atoms with Crippen LogP contribution in [0, 0.1) is 5.92 Å². The van der Waals surface area contributed by atoms with Crippen LogP contribution >= 0.6 is 11.8 Å². The highest BCUT2D eigenvalue weighted by molar-refractivity contribution is 7.99. The number of thioether (sulfide) groups is 1. The van der Waals surface area contributed by atoms with Gasteiger partial charge in [0.2, 0.25) is 0 Å². The Kier molecular flexibility index (Phi) is 7.55. The highest BCUT2D eigenvalue weighted by Gasteiger charge is 2.16. The van der Waals surface area contributed by atoms with Crippen LogP contribution in [-0.4, -0.2) is 11.8 Å². The molecule has 2 N–H and O–H groups in total. The minimum absolute atomic E-state index is 0.552. The van der Waals surface area contributed by atoms with Crippen LogP contribution in [0.3, 0.4) is 0 Å². The molecule has 1 nitrogen and oxygen atoms in total. The molecule has 0 aliphatic heterocycles. The molecule has 2 aromatic carbocycles. The number of nitrogens with two attached hydrogens (primary N) is 1. The van der Waals surface area contributed by atoms with Crippen molar-refractivity contribution in [2.24, 2.45) is 11.7 Å². The average molecular weight is 314 g/mol. The summed E-state index contributed by atoms with van der Waals surface area (Å²) in [6.45, 7) is 3.12. The summed E-state index contributed by atoms with van der Waals surface area (Å²) in [7, 11) is 0. The Bertz CT molecular complexity index is 512. The second kappa shape index (κ2) is 9.70. The van der Waals surface area contributed by atoms with Crippen LogP contribution in [0.1, 0.15) is 30.9 Å². The van der Waals surface area contributed by atoms with E-state index in [0.29, 0.717) is 11.2 Å². The summed E-state index contributed by atoms with van der Waals surface area (Å²) < 4.78 is 0. The van der Waals surface area contributed by atoms with E-state index in [1.165, 1.54) is 30.4 Å². The Hall–Kier alpha value is -1.25. The minimum Gasteiger partial charge on any atom is -0.329 e. The SMILES string of the molecule is CC(CCCc1ccccc1)C(CN)SCc1ccccc1. The molecule has 0 amide bonds. The van der Waals surface area contributed by atoms with Crippen molar-refractivity contribution in [2.45, 2.75) is 37.2 Å². The Morgan fingerprint density at radius 1 is 0.909 bits per heavy atom. The first-order chi connectivity index (χ1) is 10.8. The third-order valence-electron chi connectivity index (χ3n) is 4.14. The molecule has 2 heteroatoms. The molecule has 2 aromatic rings. The molecule has 0 saturated carbocycles. The van der Waals surface area contributed by atoms with Gasteiger partial charge in [-0.05, 0) is 36.3 Å². The largest absolute Gasteiger partial charge is 0.329 e. The van der Waals surface area contributed by atoms with Gasteiger partial charge >= 0.3 is 0 Å². The van der Waals surface area contributed by atoms with Gasteiger partial charge in [0.15, 0.2) is 0 Å². The van der Waals surface area contributed by atoms with E-state index < -0.39 is 0 Å². The predicted octanol–water partition coefficient (Wildman–Crippen LogP) is 4.91. The highest BCUT2D eigenvalue weighted by atomic mass is 32.2. The number of rotatable bonds is 9. The van der Waals surface area contributed by atoms with Gasteiger partial charge in [-0.15, -0.1) is 0 Å². The van der Waals surface area contributed by atoms with Crippen molar-refractivity contribution in [2.75, 3.05) is 6.54 Å². The van der Waals surface area contributed by atoms with Gasteiger partial charge in [0, 0.05) is 17.5 Å². The lowest BCUT2D eigenvalue weighted by Gasteiger charge is -2.22. The van der Waals surface area contributed by atoms with Crippen LogP contribution in [0.15, 0.2) is 60.7 Å². The van der Waals surface area contributed by atoms with Gasteiger partial charge in [-0.3, -0.25) is 0 Å². The minimum atomic E-state index is 0.552. The molecule has 0 aliphatic rings. The smallest absolute Gasteiger partial charge is 0.0199 e. The summed E-state index contributed by atoms with van der Waals surface area (Å²) in [5, 5.41) is 0.552. The van der Waals surface area contributed by atoms with Gasteiger partial charge in [-0.1, -0.05) is 67.6 Å². The van der Waals surface area contributed by atoms with Crippen LogP contribution in [0.5, 0.6) is 0 Å². The molecule has 0 fully saturated rings. The van der Waals surface area contributed by atoms with Crippen molar-refractivity contribution in [1.82, 2.24) is 0 Å². The van der Waals surface area contributed by atoms with E-state index in [0.717, 1.165) is 12.3 Å². The molecule has 0 aliphatic carbocycles. The molecule has 0 heterocycles. The summed E-state index contributed by atoms with van der Waals surface area (Å²) in [5.41, 5.74) is 8.83. The number of hydrogen-bond donors (Lipinski definition) is 1. The summed E-state index contributed by atoms with van der Waals surface area (Å²) in [4.78, 5) is 0. The normalized spacial score (nSPS) is 13.7. The van der Waals surface area contributed by atoms with Crippen LogP contribution < -0.4 is 5.73 Å². The van der Waals surface area contributed by atoms with E-state index in [9.17, 15) is 0 Å². The fourth-order valence-electron chi connectivity index (χ4n) is 2.70. The van der Waals surface area contributed by atoms with Gasteiger partial charge in [0.05, 0.1) is 0 Å². The Morgan fingerprint density at radius 3 is 2.09 bits per heavy atom. The average Bonchev–Trinajstić information content (AvgIpc) is 2.57. The summed E-state index contributed by atoms with van der Waals surface area (Å²) in [5.74, 6) is 1.73. The monoisotopic (exact) mass is 313 g/mol. The van der Waals surface area contributed by atoms with E-state index in [2.05, 4.69) is 67.6 Å². The fraction of sp³-hybridized carbons (Fsp3) is 0.400. The maximum absolute atomic E-state index is 6.00. The maximum atomic E-state index is 6.00. The van der Waals surface area contributed by atoms with Crippen LogP contribution in [0.2, 0.25) is 0 Å². The zero-order valence-corrected chi connectivity index (χ0v) is 14.3. The zero-order chi connectivity index (χ0) is 15.6. The van der Waals surface area contributed by atoms with Crippen LogP contribution in [-0.2, 0) is 12.2 Å². The molecule has 2 atom stereocenters. The fourth-order valence-corrected chi connectivity index (χ4v) is 3.90. The topological polar surface area (TPSA) is 26.0 Å². The lowest BCUT2D eigenvalue weighted by molar-refractivity contribution is 0.493. The predicted molar refractivity (Wildman–Crippen MR) is 99.1 cm³/mol. The van der Waals surface area contributed by atoms with E-state index in [1.54, 1.807) is 0 Å². The molecular formula is C20H27NS. The van der Waals surface area contributed by atoms with Crippen molar-refractivity contribution in [3.8, 4) is 0 Å². The van der Waals surface area contributed by atoms with Crippen molar-refractivity contribution in [3.05, 3.63) is 71.8 Å². The third kappa shape index (κ3) is 5.86. The van der Waals surface area contributed by atoms with Crippen molar-refractivity contribution >= 4 is 11.8 Å². The molecule has 0 radical (unpaired) electrons. The second-order valence-electron chi connectivity index (χ2n) is 5.93. The van der Waals surface area contributed by atoms with E-state index >= 15 is 0 Å². The highest BCUT2D eigenvalue weighted by Crippen LogP contribution is 2.26. The molecular weight excluding hydrogens is 286 g/mol. The third-order valence-corrected chi connectivity index (χ3v) is 5.73. The second-order valence-corrected chi connectivity index (χ2v) is 7.15. The molecule has 118 valence electrons. The first-order valence-electron chi connectivity index (χ1n) is 8.19. The first-order valence-corrected chi connectivity index (χ1v) is 9.24. The summed E-state index contributed by atoms with van der Waals surface area (Å²) >= 11 is 2.00. The number of aryl methyl sites for hydroxylation is 1. The molecule has 0 bridgehead atoms. The van der Waals surface area contributed by atoms with Crippen molar-refractivity contribution < 1.29 is 0 Å². The first kappa shape index (κ1) is 17.1. The lowest BCUT2D eigenvalue weighted by atomic mass is 9.98. The van der Waals surface area contributed by atoms with Gasteiger partial charge in [-0.25, -0.2) is 0 Å². The molecule has 0 aromatic heterocycles. The summed E-state index contributed by atoms with van der Waals surface area (Å²) in [6.07, 6.45) is 3.66. The quantitative estimate of drug-likeness (QED) is 0.712. The number of benzene rings is 2. The van der Waals surface area contributed by atoms with Gasteiger partial charge < -0.3 is 5.73 Å². The van der Waals surface area contributed by atoms with E-state index in [-0.39, 0.29) is 0 Å². The molecule has 0 saturated heterocycles. The maximum Gasteiger partial charge on any atom is 0.0199 e. The molecule has 2 rings (SSSR count). The molecule has 22 heavy (non-hydrogen) atoms. The van der Waals surface area contributed by atoms with E-state index in [4.69, 9.17) is 5.73 Å². The Morgan fingerprint density at radius 2 is 1.50 bits per heavy atom. The summed E-state index contributed by atoms with van der Waals surface area (Å²) in [6, 6.07) is 21.4. The van der Waals surface area contributed by atoms with E-state index in [1.807, 2.05) is 11.8 Å². The Balaban J connectivity index is 1.73. The van der Waals surface area contributed by atoms with Gasteiger partial charge in [-0.2, -0.15) is 11.8 Å². The zero-order valence-electron chi connectivity index (χ0n) is 13.4. The number of hydrogen-bond acceptors (Lipinski definition) is 2. The molecule has 2 unspecified atom stereocenters. The van der Waals surface area contributed by atoms with Crippen LogP contribution in [0.25, 0.3) is 0 Å². The molecule has 0 spiro atoms. The lowest BCUT2D eigenvalue weighted by Crippen LogP contribution is -2.24. The Labute approximate surface area is 139 Å². The standard InChI is InChI=1S/C20H27NS/c1-17(9-8-14-18-10-4-2-5-11-18)20(15-21)22-16-19-12-6-3-7-13-19/h2-7,10-13,17,20H,8-9,14-16,21H2,1H3. The van der Waals surface area contributed by atoms with Crippen molar-refractivity contribution in [3.63, 3.8) is 0 Å². The van der Waals surface area contributed by atoms with Gasteiger partial charge in [0.25, 0.3) is 0 Å².